The highest BCUT2D eigenvalue weighted by atomic mass is 16.3. The Kier molecular flexibility index (Phi) is 11.0. The van der Waals surface area contributed by atoms with Gasteiger partial charge in [-0.15, -0.1) is 0 Å². The number of hydrogen-bond acceptors (Lipinski definition) is 18. The van der Waals surface area contributed by atoms with Crippen LogP contribution in [0.1, 0.15) is 49.2 Å². The Bertz CT molecular complexity index is 860. The molecule has 1 fully saturated rings. The van der Waals surface area contributed by atoms with Gasteiger partial charge in [-0.2, -0.15) is 29.9 Å². The van der Waals surface area contributed by atoms with Crippen molar-refractivity contribution >= 4 is 23.8 Å². The molecule has 1 aliphatic carbocycles. The smallest absolute Gasteiger partial charge is 0.234 e. The van der Waals surface area contributed by atoms with E-state index in [-0.39, 0.29) is 35.6 Å². The highest BCUT2D eigenvalue weighted by molar-refractivity contribution is 5.40. The minimum atomic E-state index is -0.564. The Morgan fingerprint density at radius 2 is 0.605 bits per heavy atom. The first kappa shape index (κ1) is 29.5. The topological polar surface area (TPSA) is 252 Å². The fourth-order valence-corrected chi connectivity index (χ4v) is 3.96. The second-order valence-electron chi connectivity index (χ2n) is 8.43. The molecule has 0 saturated heterocycles. The molecule has 0 radical (unpaired) electrons. The van der Waals surface area contributed by atoms with E-state index in [2.05, 4.69) is 29.9 Å². The summed E-state index contributed by atoms with van der Waals surface area (Å²) < 4.78 is 0. The van der Waals surface area contributed by atoms with E-state index in [1.54, 1.807) is 0 Å². The summed E-state index contributed by atoms with van der Waals surface area (Å²) in [4.78, 5) is 30.2. The highest BCUT2D eigenvalue weighted by Crippen LogP contribution is 2.39. The molecule has 3 rings (SSSR count). The predicted molar refractivity (Wildman–Crippen MR) is 130 cm³/mol. The van der Waals surface area contributed by atoms with Crippen LogP contribution in [0.3, 0.4) is 0 Å². The van der Waals surface area contributed by atoms with E-state index in [9.17, 15) is 40.9 Å². The van der Waals surface area contributed by atoms with Gasteiger partial charge in [0, 0.05) is 11.8 Å². The van der Waals surface area contributed by atoms with Gasteiger partial charge in [0.2, 0.25) is 23.8 Å². The van der Waals surface area contributed by atoms with Gasteiger partial charge >= 0.3 is 0 Å². The van der Waals surface area contributed by atoms with E-state index in [1.807, 2.05) is 0 Å². The van der Waals surface area contributed by atoms with Crippen molar-refractivity contribution in [3.8, 4) is 0 Å². The SMILES string of the molecule is OCN(CO)c1nc(C2CCC(c3nc(N(CO)CO)nc(N(CO)CO)n3)CC2)nc(N(CO)CO)n1. The van der Waals surface area contributed by atoms with Crippen molar-refractivity contribution in [2.24, 2.45) is 0 Å². The van der Waals surface area contributed by atoms with Crippen LogP contribution in [0.15, 0.2) is 0 Å². The lowest BCUT2D eigenvalue weighted by Crippen LogP contribution is -2.32. The van der Waals surface area contributed by atoms with Crippen molar-refractivity contribution in [1.29, 1.82) is 0 Å². The lowest BCUT2D eigenvalue weighted by molar-refractivity contribution is 0.215. The number of aliphatic hydroxyl groups excluding tert-OH is 8. The molecular weight excluding hydrogens is 508 g/mol. The highest BCUT2D eigenvalue weighted by Gasteiger charge is 2.30. The Morgan fingerprint density at radius 3 is 0.789 bits per heavy atom. The van der Waals surface area contributed by atoms with Crippen LogP contribution >= 0.6 is 0 Å². The molecule has 2 heterocycles. The van der Waals surface area contributed by atoms with Gasteiger partial charge < -0.3 is 40.9 Å². The Morgan fingerprint density at radius 1 is 0.395 bits per heavy atom. The van der Waals surface area contributed by atoms with Crippen LogP contribution in [0.5, 0.6) is 0 Å². The van der Waals surface area contributed by atoms with Crippen LogP contribution in [0.2, 0.25) is 0 Å². The van der Waals surface area contributed by atoms with Crippen molar-refractivity contribution in [2.45, 2.75) is 37.5 Å². The molecular formula is C20H34N10O8. The van der Waals surface area contributed by atoms with Crippen LogP contribution in [0.4, 0.5) is 23.8 Å². The monoisotopic (exact) mass is 542 g/mol. The second kappa shape index (κ2) is 14.2. The van der Waals surface area contributed by atoms with Crippen LogP contribution in [-0.4, -0.2) is 125 Å². The molecule has 2 aromatic heterocycles. The minimum Gasteiger partial charge on any atom is -0.376 e. The number of hydrogen-bond donors (Lipinski definition) is 8. The molecule has 0 unspecified atom stereocenters. The molecule has 0 aliphatic heterocycles. The fraction of sp³-hybridized carbons (Fsp3) is 0.700. The molecule has 1 aliphatic rings. The third-order valence-corrected chi connectivity index (χ3v) is 6.21. The van der Waals surface area contributed by atoms with E-state index >= 15 is 0 Å². The number of aliphatic hydroxyl groups is 8. The van der Waals surface area contributed by atoms with Gasteiger partial charge in [0.15, 0.2) is 0 Å². The van der Waals surface area contributed by atoms with Gasteiger partial charge in [-0.25, -0.2) is 0 Å². The molecule has 2 aromatic rings. The summed E-state index contributed by atoms with van der Waals surface area (Å²) in [6.07, 6.45) is 2.31. The maximum atomic E-state index is 9.54. The van der Waals surface area contributed by atoms with Crippen LogP contribution < -0.4 is 19.6 Å². The van der Waals surface area contributed by atoms with Gasteiger partial charge in [0.05, 0.1) is 0 Å². The Labute approximate surface area is 217 Å². The summed E-state index contributed by atoms with van der Waals surface area (Å²) in [5.74, 6) is 0.325. The molecule has 0 aromatic carbocycles. The maximum Gasteiger partial charge on any atom is 0.234 e. The fourth-order valence-electron chi connectivity index (χ4n) is 3.96. The number of rotatable bonds is 14. The first-order chi connectivity index (χ1) is 18.5. The summed E-state index contributed by atoms with van der Waals surface area (Å²) >= 11 is 0. The van der Waals surface area contributed by atoms with E-state index in [0.29, 0.717) is 37.3 Å². The maximum absolute atomic E-state index is 9.54. The molecule has 8 N–H and O–H groups in total. The van der Waals surface area contributed by atoms with Crippen molar-refractivity contribution in [3.05, 3.63) is 11.6 Å². The van der Waals surface area contributed by atoms with Crippen LogP contribution in [0.25, 0.3) is 0 Å². The first-order valence-electron chi connectivity index (χ1n) is 11.8. The number of aromatic nitrogens is 6. The third kappa shape index (κ3) is 6.66. The molecule has 18 heteroatoms. The zero-order valence-electron chi connectivity index (χ0n) is 20.7. The van der Waals surface area contributed by atoms with Gasteiger partial charge in [-0.3, -0.25) is 19.6 Å². The summed E-state index contributed by atoms with van der Waals surface area (Å²) in [5.41, 5.74) is 0. The molecule has 0 atom stereocenters. The number of nitrogens with zero attached hydrogens (tertiary/aromatic N) is 10. The predicted octanol–water partition coefficient (Wildman–Crippen LogP) is -3.68. The lowest BCUT2D eigenvalue weighted by Gasteiger charge is -2.29. The molecule has 0 amide bonds. The van der Waals surface area contributed by atoms with Gasteiger partial charge in [-0.05, 0) is 25.7 Å². The van der Waals surface area contributed by atoms with Gasteiger partial charge in [-0.1, -0.05) is 0 Å². The average Bonchev–Trinajstić information content (AvgIpc) is 2.96. The minimum absolute atomic E-state index is 0.0167. The average molecular weight is 543 g/mol. The summed E-state index contributed by atoms with van der Waals surface area (Å²) in [5, 5.41) is 76.4. The van der Waals surface area contributed by atoms with E-state index in [4.69, 9.17) is 0 Å². The molecule has 0 bridgehead atoms. The first-order valence-corrected chi connectivity index (χ1v) is 11.8. The molecule has 38 heavy (non-hydrogen) atoms. The van der Waals surface area contributed by atoms with Crippen molar-refractivity contribution in [2.75, 3.05) is 73.4 Å². The largest absolute Gasteiger partial charge is 0.376 e. The van der Waals surface area contributed by atoms with E-state index < -0.39 is 53.8 Å². The van der Waals surface area contributed by atoms with Crippen molar-refractivity contribution < 1.29 is 40.9 Å². The van der Waals surface area contributed by atoms with Gasteiger partial charge in [0.25, 0.3) is 0 Å². The van der Waals surface area contributed by atoms with Crippen LogP contribution in [-0.2, 0) is 0 Å². The van der Waals surface area contributed by atoms with Gasteiger partial charge in [0.1, 0.15) is 65.5 Å². The third-order valence-electron chi connectivity index (χ3n) is 6.21. The summed E-state index contributed by atoms with van der Waals surface area (Å²) in [6, 6.07) is 0. The molecule has 212 valence electrons. The van der Waals surface area contributed by atoms with E-state index in [1.165, 1.54) is 0 Å². The quantitative estimate of drug-likeness (QED) is 0.107. The zero-order chi connectivity index (χ0) is 27.7. The Balaban J connectivity index is 1.88. The molecule has 1 saturated carbocycles. The zero-order valence-corrected chi connectivity index (χ0v) is 20.7. The van der Waals surface area contributed by atoms with E-state index in [0.717, 1.165) is 19.6 Å². The van der Waals surface area contributed by atoms with Crippen molar-refractivity contribution in [1.82, 2.24) is 29.9 Å². The lowest BCUT2D eigenvalue weighted by atomic mass is 9.81. The van der Waals surface area contributed by atoms with Crippen LogP contribution in [0, 0.1) is 0 Å². The summed E-state index contributed by atoms with van der Waals surface area (Å²) in [6.45, 7) is -4.51. The number of anilines is 4. The van der Waals surface area contributed by atoms with Crippen molar-refractivity contribution in [3.63, 3.8) is 0 Å². The molecule has 0 spiro atoms. The second-order valence-corrected chi connectivity index (χ2v) is 8.43. The summed E-state index contributed by atoms with van der Waals surface area (Å²) in [7, 11) is 0. The normalized spacial score (nSPS) is 17.4. The Hall–Kier alpha value is -3.10. The molecule has 18 nitrogen and oxygen atoms in total. The standard InChI is InChI=1S/C20H34N10O8/c31-5-27(6-32)17-21-15(22-18(25-17)28(7-33)8-34)13-1-2-14(4-3-13)16-23-19(29(9-35)10-36)26-20(24-16)30(11-37)12-38/h13-14,31-38H,1-12H2.